The molecule has 1 spiro atoms. The van der Waals surface area contributed by atoms with Crippen molar-refractivity contribution < 1.29 is 13.6 Å². The number of amides is 1. The highest BCUT2D eigenvalue weighted by Crippen LogP contribution is 2.65. The van der Waals surface area contributed by atoms with Crippen LogP contribution in [0.2, 0.25) is 0 Å². The zero-order chi connectivity index (χ0) is 15.4. The Balaban J connectivity index is 1.46. The highest BCUT2D eigenvalue weighted by atomic mass is 19.3. The average Bonchev–Trinajstić information content (AvgIpc) is 2.99. The lowest BCUT2D eigenvalue weighted by molar-refractivity contribution is 0.0284. The van der Waals surface area contributed by atoms with Gasteiger partial charge in [-0.25, -0.2) is 8.78 Å². The molecule has 7 heteroatoms. The second-order valence-electron chi connectivity index (χ2n) is 6.84. The third-order valence-corrected chi connectivity index (χ3v) is 5.59. The van der Waals surface area contributed by atoms with Crippen LogP contribution in [0.3, 0.4) is 0 Å². The highest BCUT2D eigenvalue weighted by Gasteiger charge is 2.70. The Morgan fingerprint density at radius 1 is 1.36 bits per heavy atom. The number of likely N-dealkylation sites (tertiary alicyclic amines) is 1. The maximum Gasteiger partial charge on any atom is 0.257 e. The summed E-state index contributed by atoms with van der Waals surface area (Å²) in [6.45, 7) is 2.63. The second-order valence-corrected chi connectivity index (χ2v) is 6.84. The van der Waals surface area contributed by atoms with Gasteiger partial charge in [-0.05, 0) is 25.8 Å². The summed E-state index contributed by atoms with van der Waals surface area (Å²) in [6.07, 6.45) is 3.37. The minimum Gasteiger partial charge on any atom is -0.338 e. The van der Waals surface area contributed by atoms with E-state index in [0.717, 1.165) is 25.2 Å². The van der Waals surface area contributed by atoms with Crippen LogP contribution in [0.25, 0.3) is 0 Å². The van der Waals surface area contributed by atoms with Gasteiger partial charge >= 0.3 is 0 Å². The van der Waals surface area contributed by atoms with Gasteiger partial charge in [-0.2, -0.15) is 5.10 Å². The summed E-state index contributed by atoms with van der Waals surface area (Å²) < 4.78 is 26.8. The molecular formula is C15H20F2N4O. The van der Waals surface area contributed by atoms with E-state index < -0.39 is 11.3 Å². The first-order chi connectivity index (χ1) is 10.5. The van der Waals surface area contributed by atoms with Gasteiger partial charge in [0.1, 0.15) is 0 Å². The average molecular weight is 310 g/mol. The summed E-state index contributed by atoms with van der Waals surface area (Å²) in [6, 6.07) is 0. The molecule has 1 aromatic heterocycles. The molecule has 1 amide bonds. The van der Waals surface area contributed by atoms with E-state index >= 15 is 0 Å². The Kier molecular flexibility index (Phi) is 3.04. The largest absolute Gasteiger partial charge is 0.338 e. The van der Waals surface area contributed by atoms with E-state index in [-0.39, 0.29) is 18.2 Å². The van der Waals surface area contributed by atoms with Crippen molar-refractivity contribution in [2.24, 2.45) is 5.41 Å². The van der Waals surface area contributed by atoms with E-state index in [2.05, 4.69) is 15.5 Å². The molecule has 1 aromatic rings. The predicted octanol–water partition coefficient (Wildman–Crippen LogP) is 1.75. The van der Waals surface area contributed by atoms with Crippen LogP contribution in [0.4, 0.5) is 8.78 Å². The fraction of sp³-hybridized carbons (Fsp3) is 0.733. The van der Waals surface area contributed by atoms with Crippen molar-refractivity contribution in [1.29, 1.82) is 0 Å². The molecule has 1 atom stereocenters. The Morgan fingerprint density at radius 3 is 2.68 bits per heavy atom. The van der Waals surface area contributed by atoms with Gasteiger partial charge < -0.3 is 10.2 Å². The van der Waals surface area contributed by atoms with E-state index in [1.165, 1.54) is 0 Å². The number of aromatic amines is 1. The number of carbonyl (C=O) groups is 1. The first kappa shape index (κ1) is 14.1. The Hall–Kier alpha value is -1.50. The number of nitrogens with one attached hydrogen (secondary N) is 2. The lowest BCUT2D eigenvalue weighted by Crippen LogP contribution is -2.40. The topological polar surface area (TPSA) is 61.0 Å². The van der Waals surface area contributed by atoms with Gasteiger partial charge in [-0.3, -0.25) is 9.89 Å². The normalized spacial score (nSPS) is 29.0. The Bertz CT molecular complexity index is 586. The number of hydrogen-bond donors (Lipinski definition) is 2. The van der Waals surface area contributed by atoms with Crippen molar-refractivity contribution in [3.05, 3.63) is 17.5 Å². The zero-order valence-corrected chi connectivity index (χ0v) is 12.4. The number of aromatic nitrogens is 2. The van der Waals surface area contributed by atoms with Crippen molar-refractivity contribution >= 4 is 5.91 Å². The molecule has 2 saturated heterocycles. The first-order valence-corrected chi connectivity index (χ1v) is 7.94. The molecule has 120 valence electrons. The number of piperidine rings is 1. The number of nitrogens with zero attached hydrogens (tertiary/aromatic N) is 2. The van der Waals surface area contributed by atoms with Gasteiger partial charge in [-0.15, -0.1) is 0 Å². The lowest BCUT2D eigenvalue weighted by atomic mass is 9.92. The van der Waals surface area contributed by atoms with E-state index in [0.29, 0.717) is 31.5 Å². The van der Waals surface area contributed by atoms with Gasteiger partial charge in [0.05, 0.1) is 17.5 Å². The Morgan fingerprint density at radius 2 is 2.09 bits per heavy atom. The summed E-state index contributed by atoms with van der Waals surface area (Å²) >= 11 is 0. The summed E-state index contributed by atoms with van der Waals surface area (Å²) in [5.74, 6) is -2.31. The van der Waals surface area contributed by atoms with Gasteiger partial charge in [0, 0.05) is 37.4 Å². The summed E-state index contributed by atoms with van der Waals surface area (Å²) in [7, 11) is 0. The molecule has 3 fully saturated rings. The zero-order valence-electron chi connectivity index (χ0n) is 12.4. The maximum absolute atomic E-state index is 13.4. The monoisotopic (exact) mass is 310 g/mol. The van der Waals surface area contributed by atoms with Gasteiger partial charge in [0.25, 0.3) is 11.8 Å². The molecule has 5 nitrogen and oxygen atoms in total. The molecule has 22 heavy (non-hydrogen) atoms. The highest BCUT2D eigenvalue weighted by molar-refractivity contribution is 5.95. The SMILES string of the molecule is O=C(c1cn[nH]c1C1CCNC1)N1CCC2(CC1)CC2(F)F. The second kappa shape index (κ2) is 4.75. The molecule has 1 saturated carbocycles. The lowest BCUT2D eigenvalue weighted by Gasteiger charge is -2.32. The van der Waals surface area contributed by atoms with E-state index in [1.54, 1.807) is 11.1 Å². The van der Waals surface area contributed by atoms with Gasteiger partial charge in [0.2, 0.25) is 0 Å². The molecule has 1 aliphatic carbocycles. The molecule has 2 N–H and O–H groups in total. The molecule has 2 aliphatic heterocycles. The van der Waals surface area contributed by atoms with Crippen molar-refractivity contribution in [1.82, 2.24) is 20.4 Å². The molecule has 0 radical (unpaired) electrons. The first-order valence-electron chi connectivity index (χ1n) is 7.94. The minimum atomic E-state index is -2.52. The van der Waals surface area contributed by atoms with Crippen molar-refractivity contribution in [2.45, 2.75) is 37.5 Å². The number of H-pyrrole nitrogens is 1. The molecule has 0 bridgehead atoms. The Labute approximate surface area is 127 Å². The quantitative estimate of drug-likeness (QED) is 0.875. The molecule has 4 rings (SSSR count). The van der Waals surface area contributed by atoms with Gasteiger partial charge in [-0.1, -0.05) is 0 Å². The number of rotatable bonds is 2. The van der Waals surface area contributed by atoms with Crippen LogP contribution in [0.15, 0.2) is 6.20 Å². The van der Waals surface area contributed by atoms with Crippen LogP contribution in [-0.4, -0.2) is 53.1 Å². The predicted molar refractivity (Wildman–Crippen MR) is 75.9 cm³/mol. The smallest absolute Gasteiger partial charge is 0.257 e. The van der Waals surface area contributed by atoms with E-state index in [4.69, 9.17) is 0 Å². The number of halogens is 2. The van der Waals surface area contributed by atoms with Crippen LogP contribution >= 0.6 is 0 Å². The van der Waals surface area contributed by atoms with Crippen LogP contribution in [0.1, 0.15) is 47.7 Å². The fourth-order valence-corrected chi connectivity index (χ4v) is 3.91. The summed E-state index contributed by atoms with van der Waals surface area (Å²) in [5.41, 5.74) is 0.664. The number of alkyl halides is 2. The van der Waals surface area contributed by atoms with Crippen LogP contribution in [-0.2, 0) is 0 Å². The van der Waals surface area contributed by atoms with Crippen LogP contribution in [0.5, 0.6) is 0 Å². The minimum absolute atomic E-state index is 0.00721. The molecule has 3 heterocycles. The molecular weight excluding hydrogens is 290 g/mol. The van der Waals surface area contributed by atoms with Crippen LogP contribution < -0.4 is 5.32 Å². The van der Waals surface area contributed by atoms with Crippen molar-refractivity contribution in [3.8, 4) is 0 Å². The van der Waals surface area contributed by atoms with Gasteiger partial charge in [0.15, 0.2) is 0 Å². The molecule has 1 unspecified atom stereocenters. The van der Waals surface area contributed by atoms with Crippen LogP contribution in [0, 0.1) is 5.41 Å². The standard InChI is InChI=1S/C15H20F2N4O/c16-15(17)9-14(15)2-5-21(6-3-14)13(22)11-8-19-20-12(11)10-1-4-18-7-10/h8,10,18H,1-7,9H2,(H,19,20). The fourth-order valence-electron chi connectivity index (χ4n) is 3.91. The third-order valence-electron chi connectivity index (χ3n) is 5.59. The number of carbonyl (C=O) groups excluding carboxylic acids is 1. The van der Waals surface area contributed by atoms with Crippen molar-refractivity contribution in [3.63, 3.8) is 0 Å². The number of hydrogen-bond acceptors (Lipinski definition) is 3. The third kappa shape index (κ3) is 2.06. The maximum atomic E-state index is 13.4. The molecule has 3 aliphatic rings. The van der Waals surface area contributed by atoms with E-state index in [9.17, 15) is 13.6 Å². The molecule has 0 aromatic carbocycles. The summed E-state index contributed by atoms with van der Waals surface area (Å²) in [5, 5.41) is 10.3. The van der Waals surface area contributed by atoms with E-state index in [1.807, 2.05) is 0 Å². The summed E-state index contributed by atoms with van der Waals surface area (Å²) in [4.78, 5) is 14.4. The van der Waals surface area contributed by atoms with Crippen molar-refractivity contribution in [2.75, 3.05) is 26.2 Å².